The molecule has 2 N–H and O–H groups in total. The Morgan fingerprint density at radius 1 is 1.53 bits per heavy atom. The summed E-state index contributed by atoms with van der Waals surface area (Å²) < 4.78 is 13.4. The lowest BCUT2D eigenvalue weighted by molar-refractivity contribution is -0.387. The van der Waals surface area contributed by atoms with Gasteiger partial charge in [-0.15, -0.1) is 0 Å². The molecule has 1 aromatic carbocycles. The summed E-state index contributed by atoms with van der Waals surface area (Å²) in [5.41, 5.74) is -0.155. The van der Waals surface area contributed by atoms with Crippen molar-refractivity contribution in [2.75, 3.05) is 5.33 Å². The van der Waals surface area contributed by atoms with Crippen molar-refractivity contribution in [2.24, 2.45) is 0 Å². The second kappa shape index (κ2) is 5.52. The molecule has 0 saturated heterocycles. The van der Waals surface area contributed by atoms with Gasteiger partial charge in [-0.05, 0) is 24.1 Å². The van der Waals surface area contributed by atoms with Crippen LogP contribution in [0, 0.1) is 22.9 Å². The Labute approximate surface area is 105 Å². The van der Waals surface area contributed by atoms with Crippen molar-refractivity contribution in [3.05, 3.63) is 39.2 Å². The zero-order valence-corrected chi connectivity index (χ0v) is 10.5. The normalized spacial score (nSPS) is 14.4. The number of aliphatic hydroxyl groups excluding tert-OH is 2. The monoisotopic (exact) mass is 307 g/mol. The summed E-state index contributed by atoms with van der Waals surface area (Å²) in [7, 11) is 0. The van der Waals surface area contributed by atoms with Crippen LogP contribution in [0.3, 0.4) is 0 Å². The Morgan fingerprint density at radius 3 is 2.59 bits per heavy atom. The van der Waals surface area contributed by atoms with Crippen LogP contribution in [0.1, 0.15) is 17.2 Å². The van der Waals surface area contributed by atoms with Crippen molar-refractivity contribution < 1.29 is 19.5 Å². The molecular formula is C10H11BrFNO4. The number of alkyl halides is 1. The van der Waals surface area contributed by atoms with E-state index < -0.39 is 28.6 Å². The first-order chi connectivity index (χ1) is 7.88. The van der Waals surface area contributed by atoms with Gasteiger partial charge in [0.1, 0.15) is 6.10 Å². The second-order valence-electron chi connectivity index (χ2n) is 3.58. The minimum atomic E-state index is -1.29. The number of halogens is 2. The molecule has 1 rings (SSSR count). The number of benzene rings is 1. The van der Waals surface area contributed by atoms with Crippen molar-refractivity contribution in [1.29, 1.82) is 0 Å². The van der Waals surface area contributed by atoms with E-state index in [0.717, 1.165) is 12.1 Å². The van der Waals surface area contributed by atoms with Crippen molar-refractivity contribution in [3.63, 3.8) is 0 Å². The molecule has 0 fully saturated rings. The molecule has 0 saturated carbocycles. The topological polar surface area (TPSA) is 83.6 Å². The van der Waals surface area contributed by atoms with E-state index in [1.807, 2.05) is 0 Å². The number of hydrogen-bond acceptors (Lipinski definition) is 4. The van der Waals surface area contributed by atoms with Crippen LogP contribution in [0.2, 0.25) is 0 Å². The van der Waals surface area contributed by atoms with Crippen LogP contribution in [0.4, 0.5) is 10.1 Å². The van der Waals surface area contributed by atoms with E-state index >= 15 is 0 Å². The zero-order valence-electron chi connectivity index (χ0n) is 8.93. The van der Waals surface area contributed by atoms with E-state index in [9.17, 15) is 24.7 Å². The average molecular weight is 308 g/mol. The van der Waals surface area contributed by atoms with Crippen molar-refractivity contribution in [3.8, 4) is 0 Å². The van der Waals surface area contributed by atoms with Crippen molar-refractivity contribution in [2.45, 2.75) is 19.1 Å². The van der Waals surface area contributed by atoms with Gasteiger partial charge in [-0.25, -0.2) is 0 Å². The predicted molar refractivity (Wildman–Crippen MR) is 62.6 cm³/mol. The van der Waals surface area contributed by atoms with Gasteiger partial charge in [-0.2, -0.15) is 4.39 Å². The summed E-state index contributed by atoms with van der Waals surface area (Å²) in [6.45, 7) is 1.51. The maximum atomic E-state index is 13.4. The van der Waals surface area contributed by atoms with Gasteiger partial charge in [-0.3, -0.25) is 10.1 Å². The number of nitrogens with zero attached hydrogens (tertiary/aromatic N) is 1. The Bertz CT molecular complexity index is 441. The van der Waals surface area contributed by atoms with Gasteiger partial charge in [0, 0.05) is 11.4 Å². The molecule has 0 heterocycles. The number of hydrogen-bond donors (Lipinski definition) is 2. The number of nitro groups is 1. The number of aliphatic hydroxyl groups is 2. The van der Waals surface area contributed by atoms with E-state index in [2.05, 4.69) is 15.9 Å². The molecule has 0 aliphatic carbocycles. The standard InChI is InChI=1S/C10H11BrFNO4/c1-5-2-8(13(16)17)7(12)3-6(5)10(15)9(14)4-11/h2-3,9-10,14-15H,4H2,1H3. The SMILES string of the molecule is Cc1cc([N+](=O)[O-])c(F)cc1C(O)C(O)CBr. The first-order valence-electron chi connectivity index (χ1n) is 4.75. The van der Waals surface area contributed by atoms with Crippen LogP contribution in [0.25, 0.3) is 0 Å². The molecular weight excluding hydrogens is 297 g/mol. The molecule has 5 nitrogen and oxygen atoms in total. The molecule has 0 bridgehead atoms. The fourth-order valence-electron chi connectivity index (χ4n) is 1.43. The molecule has 0 aliphatic heterocycles. The highest BCUT2D eigenvalue weighted by Crippen LogP contribution is 2.28. The summed E-state index contributed by atoms with van der Waals surface area (Å²) in [4.78, 5) is 9.66. The molecule has 2 atom stereocenters. The first kappa shape index (κ1) is 14.0. The third-order valence-electron chi connectivity index (χ3n) is 2.37. The lowest BCUT2D eigenvalue weighted by Crippen LogP contribution is -2.20. The third kappa shape index (κ3) is 2.99. The predicted octanol–water partition coefficient (Wildman–Crippen LogP) is 1.83. The smallest absolute Gasteiger partial charge is 0.305 e. The minimum absolute atomic E-state index is 0.117. The van der Waals surface area contributed by atoms with Gasteiger partial charge in [0.15, 0.2) is 0 Å². The highest BCUT2D eigenvalue weighted by Gasteiger charge is 2.23. The van der Waals surface area contributed by atoms with Gasteiger partial charge < -0.3 is 10.2 Å². The molecule has 17 heavy (non-hydrogen) atoms. The van der Waals surface area contributed by atoms with Gasteiger partial charge in [-0.1, -0.05) is 15.9 Å². The summed E-state index contributed by atoms with van der Waals surface area (Å²) in [5.74, 6) is -1.03. The zero-order chi connectivity index (χ0) is 13.2. The molecule has 0 aliphatic rings. The fourth-order valence-corrected chi connectivity index (χ4v) is 1.79. The largest absolute Gasteiger partial charge is 0.389 e. The van der Waals surface area contributed by atoms with E-state index in [-0.39, 0.29) is 10.9 Å². The van der Waals surface area contributed by atoms with E-state index in [1.54, 1.807) is 0 Å². The molecule has 0 aromatic heterocycles. The van der Waals surface area contributed by atoms with Gasteiger partial charge in [0.25, 0.3) is 0 Å². The van der Waals surface area contributed by atoms with Crippen LogP contribution in [0.5, 0.6) is 0 Å². The van der Waals surface area contributed by atoms with Gasteiger partial charge in [0.2, 0.25) is 5.82 Å². The second-order valence-corrected chi connectivity index (χ2v) is 4.23. The van der Waals surface area contributed by atoms with Crippen molar-refractivity contribution >= 4 is 21.6 Å². The number of aryl methyl sites for hydroxylation is 1. The maximum Gasteiger partial charge on any atom is 0.305 e. The highest BCUT2D eigenvalue weighted by molar-refractivity contribution is 9.09. The summed E-state index contributed by atoms with van der Waals surface area (Å²) in [5, 5.41) is 29.7. The molecule has 1 aromatic rings. The third-order valence-corrected chi connectivity index (χ3v) is 3.04. The van der Waals surface area contributed by atoms with Gasteiger partial charge in [0.05, 0.1) is 11.0 Å². The molecule has 94 valence electrons. The maximum absolute atomic E-state index is 13.4. The Morgan fingerprint density at radius 2 is 2.12 bits per heavy atom. The lowest BCUT2D eigenvalue weighted by Gasteiger charge is -2.17. The molecule has 0 radical (unpaired) electrons. The summed E-state index contributed by atoms with van der Waals surface area (Å²) in [6, 6.07) is 1.92. The van der Waals surface area contributed by atoms with Gasteiger partial charge >= 0.3 is 5.69 Å². The van der Waals surface area contributed by atoms with Crippen LogP contribution in [-0.2, 0) is 0 Å². The minimum Gasteiger partial charge on any atom is -0.389 e. The highest BCUT2D eigenvalue weighted by atomic mass is 79.9. The van der Waals surface area contributed by atoms with Crippen LogP contribution < -0.4 is 0 Å². The lowest BCUT2D eigenvalue weighted by atomic mass is 9.99. The van der Waals surface area contributed by atoms with E-state index in [0.29, 0.717) is 5.56 Å². The summed E-state index contributed by atoms with van der Waals surface area (Å²) in [6.07, 6.45) is -2.39. The fraction of sp³-hybridized carbons (Fsp3) is 0.400. The number of rotatable bonds is 4. The Balaban J connectivity index is 3.20. The average Bonchev–Trinajstić information content (AvgIpc) is 2.29. The van der Waals surface area contributed by atoms with Crippen LogP contribution in [-0.4, -0.2) is 26.6 Å². The quantitative estimate of drug-likeness (QED) is 0.505. The summed E-state index contributed by atoms with van der Waals surface area (Å²) >= 11 is 2.98. The van der Waals surface area contributed by atoms with E-state index in [4.69, 9.17) is 0 Å². The molecule has 0 amide bonds. The Kier molecular flexibility index (Phi) is 4.55. The first-order valence-corrected chi connectivity index (χ1v) is 5.87. The number of nitro benzene ring substituents is 1. The van der Waals surface area contributed by atoms with Crippen LogP contribution >= 0.6 is 15.9 Å². The molecule has 0 spiro atoms. The van der Waals surface area contributed by atoms with Crippen molar-refractivity contribution in [1.82, 2.24) is 0 Å². The molecule has 7 heteroatoms. The molecule has 2 unspecified atom stereocenters. The Hall–Kier alpha value is -1.05. The van der Waals surface area contributed by atoms with E-state index in [1.165, 1.54) is 6.92 Å². The van der Waals surface area contributed by atoms with Crippen LogP contribution in [0.15, 0.2) is 12.1 Å².